The summed E-state index contributed by atoms with van der Waals surface area (Å²) in [6.07, 6.45) is 4.43. The molecule has 2 rings (SSSR count). The van der Waals surface area contributed by atoms with Crippen LogP contribution in [0.3, 0.4) is 0 Å². The van der Waals surface area contributed by atoms with Crippen molar-refractivity contribution < 1.29 is 9.53 Å². The van der Waals surface area contributed by atoms with E-state index in [4.69, 9.17) is 4.74 Å². The molecule has 0 saturated heterocycles. The Balaban J connectivity index is 1.97. The standard InChI is InChI=1S/C16H24N2O2/c1-17-13-6-8-14(9-7-13)18(2)16(19)12-4-10-15(20-3)11-5-12/h4-5,10-11,13-14,17H,6-9H2,1-3H3. The Labute approximate surface area is 121 Å². The van der Waals surface area contributed by atoms with Gasteiger partial charge in [-0.2, -0.15) is 0 Å². The molecular weight excluding hydrogens is 252 g/mol. The zero-order valence-electron chi connectivity index (χ0n) is 12.6. The van der Waals surface area contributed by atoms with E-state index in [1.807, 2.05) is 43.3 Å². The molecule has 0 atom stereocenters. The molecule has 0 aromatic heterocycles. The normalized spacial score (nSPS) is 22.4. The molecule has 4 heteroatoms. The second-order valence-corrected chi connectivity index (χ2v) is 5.44. The Morgan fingerprint density at radius 2 is 1.80 bits per heavy atom. The number of benzene rings is 1. The third kappa shape index (κ3) is 3.31. The average molecular weight is 276 g/mol. The lowest BCUT2D eigenvalue weighted by atomic mass is 9.90. The summed E-state index contributed by atoms with van der Waals surface area (Å²) in [6.45, 7) is 0. The van der Waals surface area contributed by atoms with Crippen molar-refractivity contribution in [3.05, 3.63) is 29.8 Å². The number of carbonyl (C=O) groups is 1. The van der Waals surface area contributed by atoms with Crippen LogP contribution in [0.25, 0.3) is 0 Å². The Kier molecular flexibility index (Phi) is 5.01. The molecule has 0 heterocycles. The van der Waals surface area contributed by atoms with Crippen LogP contribution in [0.15, 0.2) is 24.3 Å². The molecule has 110 valence electrons. The van der Waals surface area contributed by atoms with E-state index in [0.29, 0.717) is 12.1 Å². The number of nitrogens with one attached hydrogen (secondary N) is 1. The summed E-state index contributed by atoms with van der Waals surface area (Å²) in [4.78, 5) is 14.4. The number of ether oxygens (including phenoxy) is 1. The van der Waals surface area contributed by atoms with Crippen molar-refractivity contribution in [3.8, 4) is 5.75 Å². The van der Waals surface area contributed by atoms with Gasteiger partial charge in [-0.15, -0.1) is 0 Å². The molecule has 1 aliphatic rings. The van der Waals surface area contributed by atoms with Gasteiger partial charge in [0.25, 0.3) is 5.91 Å². The highest BCUT2D eigenvalue weighted by Crippen LogP contribution is 2.23. The van der Waals surface area contributed by atoms with E-state index >= 15 is 0 Å². The molecule has 0 spiro atoms. The second-order valence-electron chi connectivity index (χ2n) is 5.44. The third-order valence-electron chi connectivity index (χ3n) is 4.31. The van der Waals surface area contributed by atoms with E-state index in [1.54, 1.807) is 7.11 Å². The van der Waals surface area contributed by atoms with E-state index in [1.165, 1.54) is 0 Å². The van der Waals surface area contributed by atoms with Gasteiger partial charge in [0.15, 0.2) is 0 Å². The molecule has 1 aromatic carbocycles. The lowest BCUT2D eigenvalue weighted by molar-refractivity contribution is 0.0685. The molecular formula is C16H24N2O2. The smallest absolute Gasteiger partial charge is 0.253 e. The molecule has 1 amide bonds. The average Bonchev–Trinajstić information content (AvgIpc) is 2.53. The molecule has 0 bridgehead atoms. The lowest BCUT2D eigenvalue weighted by Crippen LogP contribution is -2.42. The Morgan fingerprint density at radius 1 is 1.20 bits per heavy atom. The molecule has 0 unspecified atom stereocenters. The van der Waals surface area contributed by atoms with Gasteiger partial charge in [-0.05, 0) is 57.0 Å². The molecule has 1 fully saturated rings. The fourth-order valence-corrected chi connectivity index (χ4v) is 2.85. The van der Waals surface area contributed by atoms with Crippen LogP contribution in [0.1, 0.15) is 36.0 Å². The van der Waals surface area contributed by atoms with Crippen molar-refractivity contribution in [2.24, 2.45) is 0 Å². The molecule has 4 nitrogen and oxygen atoms in total. The van der Waals surface area contributed by atoms with Crippen molar-refractivity contribution in [1.29, 1.82) is 0 Å². The highest BCUT2D eigenvalue weighted by atomic mass is 16.5. The first-order chi connectivity index (χ1) is 9.65. The summed E-state index contributed by atoms with van der Waals surface area (Å²) in [7, 11) is 5.55. The van der Waals surface area contributed by atoms with Crippen molar-refractivity contribution in [3.63, 3.8) is 0 Å². The fraction of sp³-hybridized carbons (Fsp3) is 0.562. The maximum atomic E-state index is 12.5. The van der Waals surface area contributed by atoms with E-state index in [2.05, 4.69) is 5.32 Å². The minimum Gasteiger partial charge on any atom is -0.497 e. The van der Waals surface area contributed by atoms with Crippen molar-refractivity contribution in [1.82, 2.24) is 10.2 Å². The van der Waals surface area contributed by atoms with E-state index in [0.717, 1.165) is 37.0 Å². The molecule has 0 radical (unpaired) electrons. The minimum atomic E-state index is 0.0977. The van der Waals surface area contributed by atoms with Crippen molar-refractivity contribution in [2.75, 3.05) is 21.2 Å². The van der Waals surface area contributed by atoms with E-state index in [-0.39, 0.29) is 5.91 Å². The van der Waals surface area contributed by atoms with Gasteiger partial charge in [-0.1, -0.05) is 0 Å². The summed E-state index contributed by atoms with van der Waals surface area (Å²) in [5.41, 5.74) is 0.726. The Morgan fingerprint density at radius 3 is 2.30 bits per heavy atom. The van der Waals surface area contributed by atoms with Crippen LogP contribution in [0.2, 0.25) is 0 Å². The van der Waals surface area contributed by atoms with Crippen LogP contribution in [0.4, 0.5) is 0 Å². The topological polar surface area (TPSA) is 41.6 Å². The summed E-state index contributed by atoms with van der Waals surface area (Å²) < 4.78 is 5.12. The number of hydrogen-bond donors (Lipinski definition) is 1. The monoisotopic (exact) mass is 276 g/mol. The zero-order valence-corrected chi connectivity index (χ0v) is 12.6. The molecule has 1 aromatic rings. The van der Waals surface area contributed by atoms with Crippen molar-refractivity contribution >= 4 is 5.91 Å². The number of rotatable bonds is 4. The van der Waals surface area contributed by atoms with Gasteiger partial charge >= 0.3 is 0 Å². The number of amides is 1. The molecule has 1 N–H and O–H groups in total. The maximum absolute atomic E-state index is 12.5. The Hall–Kier alpha value is -1.55. The van der Waals surface area contributed by atoms with E-state index < -0.39 is 0 Å². The highest BCUT2D eigenvalue weighted by molar-refractivity contribution is 5.94. The molecule has 1 saturated carbocycles. The fourth-order valence-electron chi connectivity index (χ4n) is 2.85. The lowest BCUT2D eigenvalue weighted by Gasteiger charge is -2.34. The van der Waals surface area contributed by atoms with Gasteiger partial charge in [-0.3, -0.25) is 4.79 Å². The van der Waals surface area contributed by atoms with Crippen LogP contribution >= 0.6 is 0 Å². The first-order valence-corrected chi connectivity index (χ1v) is 7.24. The van der Waals surface area contributed by atoms with Crippen LogP contribution in [-0.2, 0) is 0 Å². The van der Waals surface area contributed by atoms with Gasteiger partial charge in [0, 0.05) is 24.7 Å². The summed E-state index contributed by atoms with van der Waals surface area (Å²) in [6, 6.07) is 8.29. The van der Waals surface area contributed by atoms with Gasteiger partial charge < -0.3 is 15.0 Å². The highest BCUT2D eigenvalue weighted by Gasteiger charge is 2.26. The predicted molar refractivity (Wildman–Crippen MR) is 80.2 cm³/mol. The van der Waals surface area contributed by atoms with Crippen LogP contribution < -0.4 is 10.1 Å². The largest absolute Gasteiger partial charge is 0.497 e. The van der Waals surface area contributed by atoms with E-state index in [9.17, 15) is 4.79 Å². The van der Waals surface area contributed by atoms with Gasteiger partial charge in [0.1, 0.15) is 5.75 Å². The molecule has 0 aliphatic heterocycles. The number of carbonyl (C=O) groups excluding carboxylic acids is 1. The Bertz CT molecular complexity index is 436. The van der Waals surface area contributed by atoms with Gasteiger partial charge in [-0.25, -0.2) is 0 Å². The first-order valence-electron chi connectivity index (χ1n) is 7.24. The van der Waals surface area contributed by atoms with Crippen LogP contribution in [-0.4, -0.2) is 44.1 Å². The number of nitrogens with zero attached hydrogens (tertiary/aromatic N) is 1. The van der Waals surface area contributed by atoms with Crippen LogP contribution in [0, 0.1) is 0 Å². The predicted octanol–water partition coefficient (Wildman–Crippen LogP) is 2.30. The van der Waals surface area contributed by atoms with Gasteiger partial charge in [0.2, 0.25) is 0 Å². The van der Waals surface area contributed by atoms with Crippen LogP contribution in [0.5, 0.6) is 5.75 Å². The second kappa shape index (κ2) is 6.75. The van der Waals surface area contributed by atoms with Gasteiger partial charge in [0.05, 0.1) is 7.11 Å². The summed E-state index contributed by atoms with van der Waals surface area (Å²) in [5.74, 6) is 0.874. The van der Waals surface area contributed by atoms with Crippen molar-refractivity contribution in [2.45, 2.75) is 37.8 Å². The number of methoxy groups -OCH3 is 1. The third-order valence-corrected chi connectivity index (χ3v) is 4.31. The number of hydrogen-bond acceptors (Lipinski definition) is 3. The SMILES string of the molecule is CNC1CCC(N(C)C(=O)c2ccc(OC)cc2)CC1. The zero-order chi connectivity index (χ0) is 14.5. The summed E-state index contributed by atoms with van der Waals surface area (Å²) in [5, 5.41) is 3.32. The minimum absolute atomic E-state index is 0.0977. The molecule has 1 aliphatic carbocycles. The summed E-state index contributed by atoms with van der Waals surface area (Å²) >= 11 is 0. The molecule has 20 heavy (non-hydrogen) atoms. The maximum Gasteiger partial charge on any atom is 0.253 e. The quantitative estimate of drug-likeness (QED) is 0.917. The first kappa shape index (κ1) is 14.9.